The minimum absolute atomic E-state index is 0.221. The molecule has 0 radical (unpaired) electrons. The van der Waals surface area contributed by atoms with Gasteiger partial charge in [-0.25, -0.2) is 4.98 Å². The maximum atomic E-state index is 5.50. The van der Waals surface area contributed by atoms with Crippen molar-refractivity contribution in [3.63, 3.8) is 0 Å². The van der Waals surface area contributed by atoms with Crippen LogP contribution >= 0.6 is 0 Å². The summed E-state index contributed by atoms with van der Waals surface area (Å²) >= 11 is 0. The number of rotatable bonds is 5. The number of hydrogen-bond donors (Lipinski definition) is 1. The number of nitrogens with one attached hydrogen (secondary N) is 1. The predicted octanol–water partition coefficient (Wildman–Crippen LogP) is 0.754. The second-order valence-electron chi connectivity index (χ2n) is 3.82. The van der Waals surface area contributed by atoms with E-state index < -0.39 is 0 Å². The van der Waals surface area contributed by atoms with Crippen LogP contribution in [-0.2, 0) is 11.3 Å². The summed E-state index contributed by atoms with van der Waals surface area (Å²) in [7, 11) is 1.88. The van der Waals surface area contributed by atoms with E-state index in [0.29, 0.717) is 12.5 Å². The zero-order valence-electron chi connectivity index (χ0n) is 9.48. The van der Waals surface area contributed by atoms with Gasteiger partial charge in [-0.05, 0) is 19.9 Å². The average Bonchev–Trinajstić information content (AvgIpc) is 2.82. The van der Waals surface area contributed by atoms with Crippen molar-refractivity contribution >= 4 is 0 Å². The Morgan fingerprint density at radius 3 is 3.06 bits per heavy atom. The molecular weight excluding hydrogens is 206 g/mol. The third kappa shape index (κ3) is 3.15. The van der Waals surface area contributed by atoms with E-state index in [1.165, 1.54) is 0 Å². The van der Waals surface area contributed by atoms with Crippen LogP contribution in [-0.4, -0.2) is 36.3 Å². The monoisotopic (exact) mass is 223 g/mol. The van der Waals surface area contributed by atoms with Gasteiger partial charge in [0.25, 0.3) is 0 Å². The van der Waals surface area contributed by atoms with E-state index in [9.17, 15) is 0 Å². The first-order valence-corrected chi connectivity index (χ1v) is 5.58. The molecule has 1 N–H and O–H groups in total. The molecule has 1 aliphatic rings. The molecule has 1 fully saturated rings. The minimum atomic E-state index is 0.221. The molecule has 0 aromatic carbocycles. The molecule has 0 amide bonds. The summed E-state index contributed by atoms with van der Waals surface area (Å²) in [6.07, 6.45) is 5.80. The Kier molecular flexibility index (Phi) is 4.07. The molecule has 1 aromatic rings. The summed E-state index contributed by atoms with van der Waals surface area (Å²) < 4.78 is 11.0. The molecule has 5 nitrogen and oxygen atoms in total. The van der Waals surface area contributed by atoms with E-state index in [0.717, 1.165) is 31.7 Å². The molecule has 1 aliphatic heterocycles. The topological polar surface area (TPSA) is 56.3 Å². The first-order valence-electron chi connectivity index (χ1n) is 5.58. The van der Waals surface area contributed by atoms with Crippen molar-refractivity contribution in [1.29, 1.82) is 0 Å². The van der Waals surface area contributed by atoms with Gasteiger partial charge in [0.2, 0.25) is 5.88 Å². The van der Waals surface area contributed by atoms with Crippen LogP contribution in [0.5, 0.6) is 5.88 Å². The number of nitrogens with zero attached hydrogens (tertiary/aromatic N) is 2. The van der Waals surface area contributed by atoms with Crippen molar-refractivity contribution in [2.75, 3.05) is 20.3 Å². The molecule has 0 spiro atoms. The van der Waals surface area contributed by atoms with Crippen LogP contribution in [0.2, 0.25) is 0 Å². The van der Waals surface area contributed by atoms with Crippen molar-refractivity contribution in [2.45, 2.75) is 25.5 Å². The minimum Gasteiger partial charge on any atom is -0.474 e. The van der Waals surface area contributed by atoms with E-state index in [4.69, 9.17) is 9.47 Å². The van der Waals surface area contributed by atoms with Crippen molar-refractivity contribution in [1.82, 2.24) is 15.3 Å². The number of ether oxygens (including phenoxy) is 2. The van der Waals surface area contributed by atoms with Crippen molar-refractivity contribution in [2.24, 2.45) is 0 Å². The third-order valence-corrected chi connectivity index (χ3v) is 2.48. The van der Waals surface area contributed by atoms with Gasteiger partial charge in [-0.2, -0.15) is 0 Å². The molecule has 2 heterocycles. The Balaban J connectivity index is 1.80. The van der Waals surface area contributed by atoms with Crippen LogP contribution in [0.4, 0.5) is 0 Å². The van der Waals surface area contributed by atoms with Crippen LogP contribution in [0, 0.1) is 0 Å². The van der Waals surface area contributed by atoms with Gasteiger partial charge in [-0.1, -0.05) is 0 Å². The Morgan fingerprint density at radius 1 is 1.50 bits per heavy atom. The van der Waals surface area contributed by atoms with Gasteiger partial charge >= 0.3 is 0 Å². The lowest BCUT2D eigenvalue weighted by molar-refractivity contribution is 0.0662. The highest BCUT2D eigenvalue weighted by atomic mass is 16.5. The normalized spacial score (nSPS) is 19.9. The first-order chi connectivity index (χ1) is 7.88. The summed E-state index contributed by atoms with van der Waals surface area (Å²) in [6.45, 7) is 2.14. The highest BCUT2D eigenvalue weighted by Crippen LogP contribution is 2.13. The van der Waals surface area contributed by atoms with Crippen molar-refractivity contribution in [3.05, 3.63) is 18.1 Å². The largest absolute Gasteiger partial charge is 0.474 e. The molecule has 1 atom stereocenters. The molecule has 1 saturated heterocycles. The van der Waals surface area contributed by atoms with Crippen LogP contribution in [0.15, 0.2) is 12.4 Å². The molecule has 2 rings (SSSR count). The molecule has 0 saturated carbocycles. The molecule has 0 aliphatic carbocycles. The Labute approximate surface area is 95.2 Å². The van der Waals surface area contributed by atoms with E-state index in [1.54, 1.807) is 12.4 Å². The van der Waals surface area contributed by atoms with Crippen LogP contribution in [0.1, 0.15) is 18.5 Å². The lowest BCUT2D eigenvalue weighted by Gasteiger charge is -2.10. The third-order valence-electron chi connectivity index (χ3n) is 2.48. The Morgan fingerprint density at radius 2 is 2.44 bits per heavy atom. The van der Waals surface area contributed by atoms with Crippen LogP contribution in [0.25, 0.3) is 0 Å². The zero-order valence-corrected chi connectivity index (χ0v) is 9.48. The fraction of sp³-hybridized carbons (Fsp3) is 0.636. The van der Waals surface area contributed by atoms with Gasteiger partial charge in [0.15, 0.2) is 0 Å². The maximum Gasteiger partial charge on any atom is 0.232 e. The number of aromatic nitrogens is 2. The van der Waals surface area contributed by atoms with Crippen LogP contribution < -0.4 is 10.1 Å². The van der Waals surface area contributed by atoms with E-state index in [2.05, 4.69) is 15.3 Å². The summed E-state index contributed by atoms with van der Waals surface area (Å²) in [5.74, 6) is 0.565. The highest BCUT2D eigenvalue weighted by Gasteiger charge is 2.16. The summed E-state index contributed by atoms with van der Waals surface area (Å²) in [5, 5.41) is 3.02. The summed E-state index contributed by atoms with van der Waals surface area (Å²) in [5.41, 5.74) is 0.909. The van der Waals surface area contributed by atoms with Gasteiger partial charge in [0.05, 0.1) is 24.2 Å². The number of hydrogen-bond acceptors (Lipinski definition) is 5. The van der Waals surface area contributed by atoms with Gasteiger partial charge in [0.1, 0.15) is 6.61 Å². The van der Waals surface area contributed by atoms with Crippen LogP contribution in [0.3, 0.4) is 0 Å². The molecule has 16 heavy (non-hydrogen) atoms. The smallest absolute Gasteiger partial charge is 0.232 e. The standard InChI is InChI=1S/C11H17N3O2/c1-12-5-9-6-14-11(7-13-9)16-8-10-3-2-4-15-10/h6-7,10,12H,2-5,8H2,1H3. The van der Waals surface area contributed by atoms with Crippen molar-refractivity contribution < 1.29 is 9.47 Å². The molecule has 0 bridgehead atoms. The van der Waals surface area contributed by atoms with Crippen molar-refractivity contribution in [3.8, 4) is 5.88 Å². The van der Waals surface area contributed by atoms with E-state index in [-0.39, 0.29) is 6.10 Å². The van der Waals surface area contributed by atoms with E-state index >= 15 is 0 Å². The lowest BCUT2D eigenvalue weighted by Crippen LogP contribution is -2.17. The lowest BCUT2D eigenvalue weighted by atomic mass is 10.2. The van der Waals surface area contributed by atoms with Gasteiger partial charge in [-0.3, -0.25) is 4.98 Å². The van der Waals surface area contributed by atoms with Gasteiger partial charge in [0, 0.05) is 13.2 Å². The Bertz CT molecular complexity index is 310. The second kappa shape index (κ2) is 5.77. The average molecular weight is 223 g/mol. The quantitative estimate of drug-likeness (QED) is 0.798. The highest BCUT2D eigenvalue weighted by molar-refractivity contribution is 5.07. The summed E-state index contributed by atoms with van der Waals surface area (Å²) in [6, 6.07) is 0. The molecule has 1 aromatic heterocycles. The molecular formula is C11H17N3O2. The van der Waals surface area contributed by atoms with Gasteiger partial charge < -0.3 is 14.8 Å². The molecule has 88 valence electrons. The fourth-order valence-electron chi connectivity index (χ4n) is 1.64. The second-order valence-corrected chi connectivity index (χ2v) is 3.82. The maximum absolute atomic E-state index is 5.50. The summed E-state index contributed by atoms with van der Waals surface area (Å²) in [4.78, 5) is 8.40. The SMILES string of the molecule is CNCc1cnc(OCC2CCCO2)cn1. The van der Waals surface area contributed by atoms with E-state index in [1.807, 2.05) is 7.05 Å². The predicted molar refractivity (Wildman–Crippen MR) is 59.3 cm³/mol. The fourth-order valence-corrected chi connectivity index (χ4v) is 1.64. The van der Waals surface area contributed by atoms with Gasteiger partial charge in [-0.15, -0.1) is 0 Å². The zero-order chi connectivity index (χ0) is 11.2. The Hall–Kier alpha value is -1.20. The molecule has 1 unspecified atom stereocenters. The molecule has 5 heteroatoms. The first kappa shape index (κ1) is 11.3.